The topological polar surface area (TPSA) is 63.5 Å². The third-order valence-electron chi connectivity index (χ3n) is 4.47. The first-order valence-electron chi connectivity index (χ1n) is 8.17. The Bertz CT molecular complexity index is 799. The highest BCUT2D eigenvalue weighted by atomic mass is 16.6. The molecule has 0 atom stereocenters. The van der Waals surface area contributed by atoms with Crippen molar-refractivity contribution in [2.75, 3.05) is 11.4 Å². The Kier molecular flexibility index (Phi) is 4.34. The second-order valence-electron chi connectivity index (χ2n) is 6.38. The Balaban J connectivity index is 2.01. The van der Waals surface area contributed by atoms with Gasteiger partial charge in [0.25, 0.3) is 11.6 Å². The zero-order valence-electron chi connectivity index (χ0n) is 13.9. The highest BCUT2D eigenvalue weighted by molar-refractivity contribution is 6.09. The molecule has 0 N–H and O–H groups in total. The van der Waals surface area contributed by atoms with Gasteiger partial charge >= 0.3 is 0 Å². The van der Waals surface area contributed by atoms with Crippen LogP contribution in [0.15, 0.2) is 42.5 Å². The van der Waals surface area contributed by atoms with E-state index in [-0.39, 0.29) is 17.2 Å². The highest BCUT2D eigenvalue weighted by Crippen LogP contribution is 2.32. The van der Waals surface area contributed by atoms with Gasteiger partial charge in [-0.15, -0.1) is 0 Å². The second kappa shape index (κ2) is 6.43. The summed E-state index contributed by atoms with van der Waals surface area (Å²) < 4.78 is 0. The minimum atomic E-state index is -0.500. The van der Waals surface area contributed by atoms with Gasteiger partial charge in [0.05, 0.1) is 4.92 Å². The van der Waals surface area contributed by atoms with Crippen LogP contribution in [0.1, 0.15) is 47.7 Å². The highest BCUT2D eigenvalue weighted by Gasteiger charge is 2.28. The monoisotopic (exact) mass is 324 g/mol. The Hall–Kier alpha value is -2.69. The van der Waals surface area contributed by atoms with Crippen molar-refractivity contribution in [1.29, 1.82) is 0 Å². The molecule has 124 valence electrons. The van der Waals surface area contributed by atoms with Crippen molar-refractivity contribution < 1.29 is 9.72 Å². The molecule has 0 aliphatic carbocycles. The van der Waals surface area contributed by atoms with Crippen LogP contribution in [-0.4, -0.2) is 17.4 Å². The van der Waals surface area contributed by atoms with Crippen LogP contribution < -0.4 is 4.90 Å². The van der Waals surface area contributed by atoms with E-state index in [0.717, 1.165) is 24.1 Å². The number of carbonyl (C=O) groups is 1. The summed E-state index contributed by atoms with van der Waals surface area (Å²) in [7, 11) is 0. The summed E-state index contributed by atoms with van der Waals surface area (Å²) in [5, 5.41) is 11.2. The van der Waals surface area contributed by atoms with Crippen LogP contribution in [0.25, 0.3) is 0 Å². The summed E-state index contributed by atoms with van der Waals surface area (Å²) in [4.78, 5) is 25.3. The fourth-order valence-corrected chi connectivity index (χ4v) is 3.15. The van der Waals surface area contributed by atoms with Crippen molar-refractivity contribution in [1.82, 2.24) is 0 Å². The lowest BCUT2D eigenvalue weighted by molar-refractivity contribution is -0.385. The molecule has 0 unspecified atom stereocenters. The van der Waals surface area contributed by atoms with Gasteiger partial charge in [-0.1, -0.05) is 38.1 Å². The van der Waals surface area contributed by atoms with Gasteiger partial charge in [-0.25, -0.2) is 0 Å². The predicted molar refractivity (Wildman–Crippen MR) is 93.6 cm³/mol. The number of rotatable bonds is 3. The van der Waals surface area contributed by atoms with E-state index in [1.54, 1.807) is 17.0 Å². The second-order valence-corrected chi connectivity index (χ2v) is 6.38. The molecule has 0 fully saturated rings. The predicted octanol–water partition coefficient (Wildman–Crippen LogP) is 4.31. The van der Waals surface area contributed by atoms with Crippen LogP contribution in [0.3, 0.4) is 0 Å². The van der Waals surface area contributed by atoms with Crippen LogP contribution in [0, 0.1) is 10.1 Å². The fourth-order valence-electron chi connectivity index (χ4n) is 3.15. The lowest BCUT2D eigenvalue weighted by Gasteiger charge is -2.30. The maximum Gasteiger partial charge on any atom is 0.282 e. The number of para-hydroxylation sites is 1. The average molecular weight is 324 g/mol. The maximum atomic E-state index is 12.9. The zero-order chi connectivity index (χ0) is 17.3. The molecule has 1 heterocycles. The quantitative estimate of drug-likeness (QED) is 0.624. The van der Waals surface area contributed by atoms with Gasteiger partial charge in [-0.05, 0) is 42.0 Å². The molecule has 3 rings (SSSR count). The summed E-state index contributed by atoms with van der Waals surface area (Å²) in [6, 6.07) is 12.3. The third kappa shape index (κ3) is 2.89. The van der Waals surface area contributed by atoms with Gasteiger partial charge in [-0.2, -0.15) is 0 Å². The SMILES string of the molecule is CC(C)c1ccc2c(c1)CCCN2C(=O)c1ccccc1[N+](=O)[O-]. The van der Waals surface area contributed by atoms with Crippen LogP contribution in [0.2, 0.25) is 0 Å². The summed E-state index contributed by atoms with van der Waals surface area (Å²) in [6.45, 7) is 4.86. The van der Waals surface area contributed by atoms with E-state index in [1.165, 1.54) is 17.7 Å². The smallest absolute Gasteiger partial charge is 0.282 e. The van der Waals surface area contributed by atoms with E-state index in [4.69, 9.17) is 0 Å². The summed E-state index contributed by atoms with van der Waals surface area (Å²) in [6.07, 6.45) is 1.79. The van der Waals surface area contributed by atoms with Gasteiger partial charge in [0.1, 0.15) is 5.56 Å². The number of nitro groups is 1. The molecule has 1 aliphatic rings. The Morgan fingerprint density at radius 1 is 1.21 bits per heavy atom. The van der Waals surface area contributed by atoms with Gasteiger partial charge in [0.15, 0.2) is 0 Å². The number of hydrogen-bond acceptors (Lipinski definition) is 3. The van der Waals surface area contributed by atoms with Crippen molar-refractivity contribution >= 4 is 17.3 Å². The average Bonchev–Trinajstić information content (AvgIpc) is 2.60. The molecular weight excluding hydrogens is 304 g/mol. The Morgan fingerprint density at radius 2 is 1.96 bits per heavy atom. The molecule has 2 aromatic rings. The lowest BCUT2D eigenvalue weighted by Crippen LogP contribution is -2.35. The van der Waals surface area contributed by atoms with Crippen LogP contribution in [-0.2, 0) is 6.42 Å². The first-order chi connectivity index (χ1) is 11.5. The summed E-state index contributed by atoms with van der Waals surface area (Å²) in [5.41, 5.74) is 3.25. The maximum absolute atomic E-state index is 12.9. The summed E-state index contributed by atoms with van der Waals surface area (Å²) in [5.74, 6) is 0.122. The lowest BCUT2D eigenvalue weighted by atomic mass is 9.94. The number of carbonyl (C=O) groups excluding carboxylic acids is 1. The molecule has 0 spiro atoms. The van der Waals surface area contributed by atoms with Gasteiger partial charge in [0.2, 0.25) is 0 Å². The van der Waals surface area contributed by atoms with Crippen molar-refractivity contribution in [3.63, 3.8) is 0 Å². The van der Waals surface area contributed by atoms with Crippen molar-refractivity contribution in [2.45, 2.75) is 32.6 Å². The minimum Gasteiger partial charge on any atom is -0.308 e. The number of fused-ring (bicyclic) bond motifs is 1. The molecule has 5 heteroatoms. The first-order valence-corrected chi connectivity index (χ1v) is 8.17. The molecule has 1 aliphatic heterocycles. The van der Waals surface area contributed by atoms with Crippen LogP contribution in [0.4, 0.5) is 11.4 Å². The molecule has 1 amide bonds. The Labute approximate surface area is 141 Å². The third-order valence-corrected chi connectivity index (χ3v) is 4.47. The number of anilines is 1. The number of benzene rings is 2. The number of aryl methyl sites for hydroxylation is 1. The Morgan fingerprint density at radius 3 is 2.67 bits per heavy atom. The molecule has 0 saturated carbocycles. The van der Waals surface area contributed by atoms with E-state index in [1.807, 2.05) is 12.1 Å². The van der Waals surface area contributed by atoms with Gasteiger partial charge in [-0.3, -0.25) is 14.9 Å². The molecule has 0 bridgehead atoms. The standard InChI is InChI=1S/C19H20N2O3/c1-13(2)14-9-10-17-15(12-14)6-5-11-20(17)19(22)16-7-3-4-8-18(16)21(23)24/h3-4,7-10,12-13H,5-6,11H2,1-2H3. The molecule has 0 radical (unpaired) electrons. The number of nitrogens with zero attached hydrogens (tertiary/aromatic N) is 2. The number of amides is 1. The van der Waals surface area contributed by atoms with E-state index >= 15 is 0 Å². The van der Waals surface area contributed by atoms with Crippen molar-refractivity contribution in [3.8, 4) is 0 Å². The minimum absolute atomic E-state index is 0.142. The molecule has 24 heavy (non-hydrogen) atoms. The summed E-state index contributed by atoms with van der Waals surface area (Å²) >= 11 is 0. The van der Waals surface area contributed by atoms with Gasteiger partial charge < -0.3 is 4.90 Å². The van der Waals surface area contributed by atoms with Crippen molar-refractivity contribution in [3.05, 3.63) is 69.3 Å². The molecule has 0 aromatic heterocycles. The molecule has 5 nitrogen and oxygen atoms in total. The largest absolute Gasteiger partial charge is 0.308 e. The van der Waals surface area contributed by atoms with E-state index < -0.39 is 4.92 Å². The van der Waals surface area contributed by atoms with E-state index in [9.17, 15) is 14.9 Å². The van der Waals surface area contributed by atoms with E-state index in [2.05, 4.69) is 19.9 Å². The van der Waals surface area contributed by atoms with Crippen LogP contribution in [0.5, 0.6) is 0 Å². The van der Waals surface area contributed by atoms with Crippen molar-refractivity contribution in [2.24, 2.45) is 0 Å². The first kappa shape index (κ1) is 16.2. The number of nitro benzene ring substituents is 1. The number of hydrogen-bond donors (Lipinski definition) is 0. The zero-order valence-corrected chi connectivity index (χ0v) is 13.9. The normalized spacial score (nSPS) is 13.7. The van der Waals surface area contributed by atoms with Gasteiger partial charge in [0, 0.05) is 18.3 Å². The fraction of sp³-hybridized carbons (Fsp3) is 0.316. The molecular formula is C19H20N2O3. The molecule has 0 saturated heterocycles. The molecule has 2 aromatic carbocycles. The van der Waals surface area contributed by atoms with Crippen LogP contribution >= 0.6 is 0 Å². The van der Waals surface area contributed by atoms with E-state index in [0.29, 0.717) is 12.5 Å².